The molecule has 0 aromatic heterocycles. The Labute approximate surface area is 104 Å². The Morgan fingerprint density at radius 1 is 1.18 bits per heavy atom. The number of carbonyl (C=O) groups excluding carboxylic acids is 1. The summed E-state index contributed by atoms with van der Waals surface area (Å²) in [7, 11) is 0. The fourth-order valence-electron chi connectivity index (χ4n) is 2.82. The zero-order valence-electron chi connectivity index (χ0n) is 11.0. The van der Waals surface area contributed by atoms with Crippen LogP contribution >= 0.6 is 0 Å². The van der Waals surface area contributed by atoms with Crippen LogP contribution in [0.1, 0.15) is 39.0 Å². The molecule has 0 radical (unpaired) electrons. The first-order chi connectivity index (χ1) is 8.29. The molecule has 0 aromatic carbocycles. The van der Waals surface area contributed by atoms with Crippen molar-refractivity contribution in [3.05, 3.63) is 0 Å². The van der Waals surface area contributed by atoms with Gasteiger partial charge in [0.25, 0.3) is 0 Å². The Morgan fingerprint density at radius 2 is 1.94 bits per heavy atom. The molecule has 1 N–H and O–H groups in total. The number of urea groups is 1. The number of nitrogens with zero attached hydrogens (tertiary/aromatic N) is 2. The highest BCUT2D eigenvalue weighted by atomic mass is 16.2. The third-order valence-electron chi connectivity index (χ3n) is 3.92. The minimum absolute atomic E-state index is 0.160. The van der Waals surface area contributed by atoms with Crippen molar-refractivity contribution in [2.45, 2.75) is 45.1 Å². The molecule has 0 aliphatic carbocycles. The van der Waals surface area contributed by atoms with E-state index in [1.54, 1.807) is 0 Å². The summed E-state index contributed by atoms with van der Waals surface area (Å²) in [6.45, 7) is 7.37. The second-order valence-electron chi connectivity index (χ2n) is 5.23. The first-order valence-corrected chi connectivity index (χ1v) is 7.07. The molecule has 2 fully saturated rings. The van der Waals surface area contributed by atoms with Gasteiger partial charge < -0.3 is 15.1 Å². The van der Waals surface area contributed by atoms with Gasteiger partial charge in [-0.05, 0) is 45.2 Å². The number of nitrogens with one attached hydrogen (secondary N) is 1. The molecule has 98 valence electrons. The van der Waals surface area contributed by atoms with Crippen molar-refractivity contribution < 1.29 is 4.79 Å². The van der Waals surface area contributed by atoms with Crippen LogP contribution in [0.3, 0.4) is 0 Å². The highest BCUT2D eigenvalue weighted by molar-refractivity contribution is 5.74. The van der Waals surface area contributed by atoms with E-state index >= 15 is 0 Å². The lowest BCUT2D eigenvalue weighted by Gasteiger charge is -2.34. The van der Waals surface area contributed by atoms with E-state index in [1.807, 2.05) is 4.90 Å². The Hall–Kier alpha value is -0.770. The minimum Gasteiger partial charge on any atom is -0.334 e. The van der Waals surface area contributed by atoms with Crippen LogP contribution in [0.2, 0.25) is 0 Å². The molecule has 2 heterocycles. The van der Waals surface area contributed by atoms with Gasteiger partial charge in [-0.15, -0.1) is 0 Å². The molecule has 1 unspecified atom stereocenters. The van der Waals surface area contributed by atoms with Gasteiger partial charge in [-0.25, -0.2) is 4.79 Å². The lowest BCUT2D eigenvalue weighted by atomic mass is 10.1. The van der Waals surface area contributed by atoms with Crippen LogP contribution in [0.25, 0.3) is 0 Å². The van der Waals surface area contributed by atoms with E-state index in [2.05, 4.69) is 17.1 Å². The van der Waals surface area contributed by atoms with Gasteiger partial charge in [0.1, 0.15) is 0 Å². The summed E-state index contributed by atoms with van der Waals surface area (Å²) in [5.41, 5.74) is 0. The van der Waals surface area contributed by atoms with E-state index in [0.717, 1.165) is 32.6 Å². The standard InChI is InChI=1S/C13H25N3O/c1-2-15-8-6-7-12(11-15)14-13(17)16-9-4-3-5-10-16/h12H,2-11H2,1H3,(H,14,17). The predicted octanol–water partition coefficient (Wildman–Crippen LogP) is 1.67. The van der Waals surface area contributed by atoms with Crippen LogP contribution in [0, 0.1) is 0 Å². The summed E-state index contributed by atoms with van der Waals surface area (Å²) >= 11 is 0. The molecule has 4 heteroatoms. The maximum atomic E-state index is 12.1. The van der Waals surface area contributed by atoms with Crippen LogP contribution in [-0.4, -0.2) is 54.6 Å². The summed E-state index contributed by atoms with van der Waals surface area (Å²) in [6.07, 6.45) is 5.95. The molecule has 1 atom stereocenters. The van der Waals surface area contributed by atoms with Gasteiger partial charge in [-0.3, -0.25) is 0 Å². The number of likely N-dealkylation sites (N-methyl/N-ethyl adjacent to an activating group) is 1. The van der Waals surface area contributed by atoms with Gasteiger partial charge in [0, 0.05) is 25.7 Å². The Kier molecular flexibility index (Phi) is 4.66. The Balaban J connectivity index is 1.77. The van der Waals surface area contributed by atoms with Crippen molar-refractivity contribution >= 4 is 6.03 Å². The zero-order valence-corrected chi connectivity index (χ0v) is 11.0. The fourth-order valence-corrected chi connectivity index (χ4v) is 2.82. The smallest absolute Gasteiger partial charge is 0.317 e. The first kappa shape index (κ1) is 12.7. The summed E-state index contributed by atoms with van der Waals surface area (Å²) in [6, 6.07) is 0.519. The molecule has 0 spiro atoms. The maximum Gasteiger partial charge on any atom is 0.317 e. The molecule has 2 aliphatic heterocycles. The Morgan fingerprint density at radius 3 is 2.65 bits per heavy atom. The highest BCUT2D eigenvalue weighted by Gasteiger charge is 2.23. The number of rotatable bonds is 2. The minimum atomic E-state index is 0.160. The van der Waals surface area contributed by atoms with Crippen molar-refractivity contribution in [1.29, 1.82) is 0 Å². The fraction of sp³-hybridized carbons (Fsp3) is 0.923. The summed E-state index contributed by atoms with van der Waals surface area (Å²) in [5, 5.41) is 3.20. The lowest BCUT2D eigenvalue weighted by Crippen LogP contribution is -2.52. The SMILES string of the molecule is CCN1CCCC(NC(=O)N2CCCCC2)C1. The van der Waals surface area contributed by atoms with Gasteiger partial charge >= 0.3 is 6.03 Å². The van der Waals surface area contributed by atoms with E-state index in [4.69, 9.17) is 0 Å². The average Bonchev–Trinajstić information content (AvgIpc) is 2.40. The van der Waals surface area contributed by atoms with Crippen LogP contribution in [0.15, 0.2) is 0 Å². The van der Waals surface area contributed by atoms with E-state index < -0.39 is 0 Å². The van der Waals surface area contributed by atoms with Crippen LogP contribution in [0.4, 0.5) is 4.79 Å². The topological polar surface area (TPSA) is 35.6 Å². The highest BCUT2D eigenvalue weighted by Crippen LogP contribution is 2.12. The number of likely N-dealkylation sites (tertiary alicyclic amines) is 2. The normalized spacial score (nSPS) is 26.9. The molecule has 4 nitrogen and oxygen atoms in total. The molecular weight excluding hydrogens is 214 g/mol. The number of hydrogen-bond acceptors (Lipinski definition) is 2. The van der Waals surface area contributed by atoms with Crippen molar-refractivity contribution in [2.24, 2.45) is 0 Å². The van der Waals surface area contributed by atoms with E-state index in [-0.39, 0.29) is 6.03 Å². The quantitative estimate of drug-likeness (QED) is 0.795. The monoisotopic (exact) mass is 239 g/mol. The summed E-state index contributed by atoms with van der Waals surface area (Å²) in [4.78, 5) is 16.5. The van der Waals surface area contributed by atoms with Crippen LogP contribution < -0.4 is 5.32 Å². The third-order valence-corrected chi connectivity index (χ3v) is 3.92. The van der Waals surface area contributed by atoms with Crippen molar-refractivity contribution in [3.63, 3.8) is 0 Å². The van der Waals surface area contributed by atoms with Gasteiger partial charge in [-0.1, -0.05) is 6.92 Å². The zero-order chi connectivity index (χ0) is 12.1. The summed E-state index contributed by atoms with van der Waals surface area (Å²) in [5.74, 6) is 0. The molecule has 17 heavy (non-hydrogen) atoms. The van der Waals surface area contributed by atoms with Crippen molar-refractivity contribution in [2.75, 3.05) is 32.7 Å². The largest absolute Gasteiger partial charge is 0.334 e. The van der Waals surface area contributed by atoms with Gasteiger partial charge in [0.05, 0.1) is 0 Å². The van der Waals surface area contributed by atoms with E-state index in [1.165, 1.54) is 32.2 Å². The number of hydrogen-bond donors (Lipinski definition) is 1. The number of carbonyl (C=O) groups is 1. The predicted molar refractivity (Wildman–Crippen MR) is 69.1 cm³/mol. The summed E-state index contributed by atoms with van der Waals surface area (Å²) < 4.78 is 0. The first-order valence-electron chi connectivity index (χ1n) is 7.07. The molecule has 2 rings (SSSR count). The lowest BCUT2D eigenvalue weighted by molar-refractivity contribution is 0.163. The molecular formula is C13H25N3O. The molecule has 2 amide bonds. The second-order valence-corrected chi connectivity index (χ2v) is 5.23. The molecule has 0 saturated carbocycles. The molecule has 2 aliphatic rings. The van der Waals surface area contributed by atoms with Gasteiger partial charge in [0.15, 0.2) is 0 Å². The van der Waals surface area contributed by atoms with E-state index in [9.17, 15) is 4.79 Å². The number of amides is 2. The van der Waals surface area contributed by atoms with Gasteiger partial charge in [0.2, 0.25) is 0 Å². The second kappa shape index (κ2) is 6.24. The maximum absolute atomic E-state index is 12.1. The Bertz CT molecular complexity index is 251. The average molecular weight is 239 g/mol. The molecule has 0 bridgehead atoms. The van der Waals surface area contributed by atoms with Crippen molar-refractivity contribution in [3.8, 4) is 0 Å². The molecule has 2 saturated heterocycles. The van der Waals surface area contributed by atoms with Crippen molar-refractivity contribution in [1.82, 2.24) is 15.1 Å². The number of piperidine rings is 2. The van der Waals surface area contributed by atoms with E-state index in [0.29, 0.717) is 6.04 Å². The van der Waals surface area contributed by atoms with Gasteiger partial charge in [-0.2, -0.15) is 0 Å². The van der Waals surface area contributed by atoms with Crippen LogP contribution in [-0.2, 0) is 0 Å². The molecule has 0 aromatic rings. The van der Waals surface area contributed by atoms with Crippen LogP contribution in [0.5, 0.6) is 0 Å². The third kappa shape index (κ3) is 3.60.